The van der Waals surface area contributed by atoms with Crippen molar-refractivity contribution in [1.82, 2.24) is 0 Å². The number of hydrogen-bond acceptors (Lipinski definition) is 1. The van der Waals surface area contributed by atoms with E-state index in [0.717, 1.165) is 12.1 Å². The normalized spacial score (nSPS) is 11.1. The van der Waals surface area contributed by atoms with Gasteiger partial charge in [0, 0.05) is 11.1 Å². The number of benzene rings is 3. The van der Waals surface area contributed by atoms with Gasteiger partial charge in [-0.25, -0.2) is 0 Å². The molecule has 0 radical (unpaired) electrons. The van der Waals surface area contributed by atoms with Crippen LogP contribution in [0, 0.1) is 0 Å². The molecule has 0 amide bonds. The molecule has 0 aliphatic carbocycles. The fourth-order valence-electron chi connectivity index (χ4n) is 2.59. The van der Waals surface area contributed by atoms with E-state index in [-0.39, 0.29) is 0 Å². The van der Waals surface area contributed by atoms with Crippen LogP contribution in [0.4, 0.5) is 5.69 Å². The summed E-state index contributed by atoms with van der Waals surface area (Å²) in [4.78, 5) is 0. The Hall–Kier alpha value is -2.02. The fraction of sp³-hybridized carbons (Fsp3) is 0.125. The van der Waals surface area contributed by atoms with Crippen LogP contribution in [0.3, 0.4) is 0 Å². The quantitative estimate of drug-likeness (QED) is 0.485. The van der Waals surface area contributed by atoms with Crippen molar-refractivity contribution < 1.29 is 0 Å². The fourth-order valence-corrected chi connectivity index (χ4v) is 2.59. The van der Waals surface area contributed by atoms with E-state index in [0.29, 0.717) is 0 Å². The number of anilines is 1. The number of rotatable bonds is 1. The summed E-state index contributed by atoms with van der Waals surface area (Å²) in [5.41, 5.74) is 8.33. The minimum atomic E-state index is 0.864. The number of aryl methyl sites for hydroxylation is 1. The second-order valence-corrected chi connectivity index (χ2v) is 4.37. The van der Waals surface area contributed by atoms with Crippen molar-refractivity contribution in [1.29, 1.82) is 0 Å². The number of fused-ring (bicyclic) bond motifs is 2. The highest BCUT2D eigenvalue weighted by Crippen LogP contribution is 2.31. The molecule has 0 aliphatic rings. The maximum Gasteiger partial charge on any atom is 0.0394 e. The van der Waals surface area contributed by atoms with Crippen LogP contribution in [0.15, 0.2) is 48.5 Å². The van der Waals surface area contributed by atoms with Gasteiger partial charge >= 0.3 is 0 Å². The first-order chi connectivity index (χ1) is 8.31. The largest absolute Gasteiger partial charge is 0.398 e. The summed E-state index contributed by atoms with van der Waals surface area (Å²) in [5, 5.41) is 5.07. The molecule has 0 unspecified atom stereocenters. The average molecular weight is 221 g/mol. The summed E-state index contributed by atoms with van der Waals surface area (Å²) < 4.78 is 0. The molecule has 3 aromatic carbocycles. The Morgan fingerprint density at radius 2 is 1.65 bits per heavy atom. The highest BCUT2D eigenvalue weighted by Gasteiger charge is 2.06. The Morgan fingerprint density at radius 3 is 2.47 bits per heavy atom. The summed E-state index contributed by atoms with van der Waals surface area (Å²) in [7, 11) is 0. The average Bonchev–Trinajstić information content (AvgIpc) is 2.37. The Bertz CT molecular complexity index is 698. The van der Waals surface area contributed by atoms with Crippen molar-refractivity contribution in [2.24, 2.45) is 0 Å². The number of nitrogens with two attached hydrogens (primary N) is 1. The lowest BCUT2D eigenvalue weighted by atomic mass is 9.94. The summed E-state index contributed by atoms with van der Waals surface area (Å²) in [5.74, 6) is 0. The molecule has 3 aromatic rings. The van der Waals surface area contributed by atoms with Gasteiger partial charge in [-0.1, -0.05) is 43.3 Å². The summed E-state index contributed by atoms with van der Waals surface area (Å²) in [6, 6.07) is 16.9. The third kappa shape index (κ3) is 1.47. The Labute approximate surface area is 101 Å². The van der Waals surface area contributed by atoms with Gasteiger partial charge < -0.3 is 5.73 Å². The van der Waals surface area contributed by atoms with Crippen LogP contribution in [0.2, 0.25) is 0 Å². The summed E-state index contributed by atoms with van der Waals surface area (Å²) >= 11 is 0. The van der Waals surface area contributed by atoms with Crippen LogP contribution in [-0.4, -0.2) is 0 Å². The Morgan fingerprint density at radius 1 is 0.882 bits per heavy atom. The molecular formula is C16H15N. The van der Waals surface area contributed by atoms with Gasteiger partial charge in [0.05, 0.1) is 0 Å². The zero-order valence-corrected chi connectivity index (χ0v) is 9.90. The van der Waals surface area contributed by atoms with Gasteiger partial charge in [-0.3, -0.25) is 0 Å². The van der Waals surface area contributed by atoms with Gasteiger partial charge in [0.25, 0.3) is 0 Å². The van der Waals surface area contributed by atoms with Crippen LogP contribution in [-0.2, 0) is 6.42 Å². The minimum absolute atomic E-state index is 0.864. The highest BCUT2D eigenvalue weighted by atomic mass is 14.5. The monoisotopic (exact) mass is 221 g/mol. The van der Waals surface area contributed by atoms with Crippen molar-refractivity contribution in [3.63, 3.8) is 0 Å². The molecule has 0 saturated heterocycles. The number of hydrogen-bond donors (Lipinski definition) is 1. The van der Waals surface area contributed by atoms with E-state index in [1.165, 1.54) is 27.1 Å². The van der Waals surface area contributed by atoms with Gasteiger partial charge in [0.1, 0.15) is 0 Å². The molecule has 1 heteroatoms. The van der Waals surface area contributed by atoms with Gasteiger partial charge in [0.15, 0.2) is 0 Å². The SMILES string of the molecule is CCc1c2ccccc2cc2c(N)cccc12. The molecule has 0 bridgehead atoms. The Kier molecular flexibility index (Phi) is 2.25. The molecule has 0 aromatic heterocycles. The minimum Gasteiger partial charge on any atom is -0.398 e. The molecule has 84 valence electrons. The van der Waals surface area contributed by atoms with E-state index < -0.39 is 0 Å². The zero-order chi connectivity index (χ0) is 11.8. The van der Waals surface area contributed by atoms with Gasteiger partial charge in [-0.05, 0) is 40.3 Å². The molecule has 17 heavy (non-hydrogen) atoms. The topological polar surface area (TPSA) is 26.0 Å². The smallest absolute Gasteiger partial charge is 0.0394 e. The van der Waals surface area contributed by atoms with Crippen LogP contribution in [0.25, 0.3) is 21.5 Å². The first-order valence-corrected chi connectivity index (χ1v) is 6.00. The molecule has 0 spiro atoms. The molecule has 2 N–H and O–H groups in total. The molecule has 3 rings (SSSR count). The lowest BCUT2D eigenvalue weighted by Crippen LogP contribution is -1.91. The second-order valence-electron chi connectivity index (χ2n) is 4.37. The van der Waals surface area contributed by atoms with Crippen molar-refractivity contribution in [3.05, 3.63) is 54.1 Å². The maximum atomic E-state index is 6.07. The van der Waals surface area contributed by atoms with E-state index in [4.69, 9.17) is 5.73 Å². The van der Waals surface area contributed by atoms with Crippen LogP contribution >= 0.6 is 0 Å². The maximum absolute atomic E-state index is 6.07. The lowest BCUT2D eigenvalue weighted by Gasteiger charge is -2.11. The third-order valence-corrected chi connectivity index (χ3v) is 3.40. The van der Waals surface area contributed by atoms with Gasteiger partial charge in [-0.2, -0.15) is 0 Å². The molecule has 0 atom stereocenters. The van der Waals surface area contributed by atoms with Crippen molar-refractivity contribution in [2.75, 3.05) is 5.73 Å². The molecular weight excluding hydrogens is 206 g/mol. The van der Waals surface area contributed by atoms with Crippen LogP contribution < -0.4 is 5.73 Å². The second kappa shape index (κ2) is 3.77. The third-order valence-electron chi connectivity index (χ3n) is 3.40. The van der Waals surface area contributed by atoms with E-state index in [2.05, 4.69) is 43.3 Å². The van der Waals surface area contributed by atoms with E-state index in [1.54, 1.807) is 0 Å². The van der Waals surface area contributed by atoms with Crippen molar-refractivity contribution in [2.45, 2.75) is 13.3 Å². The molecule has 1 nitrogen and oxygen atoms in total. The first kappa shape index (κ1) is 10.2. The molecule has 0 saturated carbocycles. The van der Waals surface area contributed by atoms with Gasteiger partial charge in [0.2, 0.25) is 0 Å². The standard InChI is InChI=1S/C16H15N/c1-2-12-13-7-4-3-6-11(13)10-15-14(12)8-5-9-16(15)17/h3-10H,2,17H2,1H3. The van der Waals surface area contributed by atoms with E-state index in [1.807, 2.05) is 12.1 Å². The van der Waals surface area contributed by atoms with Gasteiger partial charge in [-0.15, -0.1) is 0 Å². The van der Waals surface area contributed by atoms with Crippen molar-refractivity contribution >= 4 is 27.2 Å². The summed E-state index contributed by atoms with van der Waals surface area (Å²) in [6.45, 7) is 2.20. The van der Waals surface area contributed by atoms with Crippen molar-refractivity contribution in [3.8, 4) is 0 Å². The Balaban J connectivity index is 2.58. The molecule has 0 aliphatic heterocycles. The summed E-state index contributed by atoms with van der Waals surface area (Å²) in [6.07, 6.45) is 1.03. The predicted molar refractivity (Wildman–Crippen MR) is 75.2 cm³/mol. The van der Waals surface area contributed by atoms with Crippen LogP contribution in [0.5, 0.6) is 0 Å². The first-order valence-electron chi connectivity index (χ1n) is 6.00. The highest BCUT2D eigenvalue weighted by molar-refractivity contribution is 6.06. The van der Waals surface area contributed by atoms with E-state index in [9.17, 15) is 0 Å². The molecule has 0 heterocycles. The van der Waals surface area contributed by atoms with E-state index >= 15 is 0 Å². The van der Waals surface area contributed by atoms with Crippen LogP contribution in [0.1, 0.15) is 12.5 Å². The zero-order valence-electron chi connectivity index (χ0n) is 9.90. The number of nitrogen functional groups attached to an aromatic ring is 1. The lowest BCUT2D eigenvalue weighted by molar-refractivity contribution is 1.18. The predicted octanol–water partition coefficient (Wildman–Crippen LogP) is 4.14. The molecule has 0 fully saturated rings.